The van der Waals surface area contributed by atoms with Gasteiger partial charge >= 0.3 is 5.97 Å². The second-order valence-corrected chi connectivity index (χ2v) is 3.13. The molecule has 0 fully saturated rings. The average molecular weight is 187 g/mol. The lowest BCUT2D eigenvalue weighted by Gasteiger charge is -2.13. The molecule has 2 atom stereocenters. The van der Waals surface area contributed by atoms with Gasteiger partial charge in [-0.3, -0.25) is 0 Å². The number of rotatable bonds is 6. The maximum atomic E-state index is 10.1. The van der Waals surface area contributed by atoms with E-state index in [1.165, 1.54) is 0 Å². The van der Waals surface area contributed by atoms with E-state index in [2.05, 4.69) is 5.32 Å². The maximum Gasteiger partial charge on any atom is 0.328 e. The molecule has 0 saturated carbocycles. The van der Waals surface area contributed by atoms with Crippen molar-refractivity contribution < 1.29 is 15.0 Å². The van der Waals surface area contributed by atoms with Crippen molar-refractivity contribution in [1.29, 1.82) is 0 Å². The number of aliphatic carboxylic acids is 1. The highest BCUT2D eigenvalue weighted by Gasteiger charge is 2.03. The van der Waals surface area contributed by atoms with Gasteiger partial charge in [0.25, 0.3) is 0 Å². The minimum Gasteiger partial charge on any atom is -0.478 e. The van der Waals surface area contributed by atoms with Gasteiger partial charge in [-0.05, 0) is 20.3 Å². The van der Waals surface area contributed by atoms with Crippen molar-refractivity contribution in [3.05, 3.63) is 12.2 Å². The van der Waals surface area contributed by atoms with Gasteiger partial charge in [0.05, 0.1) is 6.10 Å². The van der Waals surface area contributed by atoms with Crippen molar-refractivity contribution in [2.45, 2.75) is 32.4 Å². The molecule has 0 radical (unpaired) electrons. The van der Waals surface area contributed by atoms with Crippen molar-refractivity contribution in [1.82, 2.24) is 5.32 Å². The predicted octanol–water partition coefficient (Wildman–Crippen LogP) is 0.376. The van der Waals surface area contributed by atoms with E-state index in [0.29, 0.717) is 13.0 Å². The van der Waals surface area contributed by atoms with Gasteiger partial charge in [-0.2, -0.15) is 0 Å². The Morgan fingerprint density at radius 2 is 2.15 bits per heavy atom. The number of hydrogen-bond donors (Lipinski definition) is 3. The molecule has 0 heterocycles. The summed E-state index contributed by atoms with van der Waals surface area (Å²) in [5.41, 5.74) is 0. The van der Waals surface area contributed by atoms with Crippen LogP contribution in [0.4, 0.5) is 0 Å². The molecule has 0 aromatic carbocycles. The summed E-state index contributed by atoms with van der Waals surface area (Å²) in [6.45, 7) is 4.19. The van der Waals surface area contributed by atoms with Crippen LogP contribution in [0.3, 0.4) is 0 Å². The zero-order valence-corrected chi connectivity index (χ0v) is 8.03. The highest BCUT2D eigenvalue weighted by atomic mass is 16.4. The molecule has 0 aromatic rings. The second kappa shape index (κ2) is 6.62. The van der Waals surface area contributed by atoms with E-state index in [4.69, 9.17) is 10.2 Å². The summed E-state index contributed by atoms with van der Waals surface area (Å²) in [6, 6.07) is 0.193. The zero-order valence-electron chi connectivity index (χ0n) is 8.03. The van der Waals surface area contributed by atoms with Crippen LogP contribution in [0, 0.1) is 0 Å². The van der Waals surface area contributed by atoms with Gasteiger partial charge in [0.15, 0.2) is 0 Å². The van der Waals surface area contributed by atoms with Crippen LogP contribution in [0.1, 0.15) is 20.3 Å². The first-order chi connectivity index (χ1) is 6.02. The van der Waals surface area contributed by atoms with Gasteiger partial charge in [0, 0.05) is 18.7 Å². The number of carboxylic acid groups (broad SMARTS) is 1. The molecule has 0 rings (SSSR count). The number of carbonyl (C=O) groups is 1. The Morgan fingerprint density at radius 1 is 1.54 bits per heavy atom. The van der Waals surface area contributed by atoms with Crippen molar-refractivity contribution in [3.63, 3.8) is 0 Å². The van der Waals surface area contributed by atoms with Crippen molar-refractivity contribution in [3.8, 4) is 0 Å². The minimum atomic E-state index is -0.940. The Labute approximate surface area is 78.3 Å². The Morgan fingerprint density at radius 3 is 2.62 bits per heavy atom. The third kappa shape index (κ3) is 9.04. The Balaban J connectivity index is 3.47. The van der Waals surface area contributed by atoms with Crippen molar-refractivity contribution in [2.75, 3.05) is 6.54 Å². The highest BCUT2D eigenvalue weighted by molar-refractivity contribution is 5.79. The lowest BCUT2D eigenvalue weighted by Crippen LogP contribution is -2.29. The SMILES string of the molecule is CC(O)CC(C)NC/C=C/C(=O)O. The van der Waals surface area contributed by atoms with Gasteiger partial charge in [0.1, 0.15) is 0 Å². The minimum absolute atomic E-state index is 0.193. The van der Waals surface area contributed by atoms with E-state index in [1.807, 2.05) is 6.92 Å². The fourth-order valence-corrected chi connectivity index (χ4v) is 1.02. The van der Waals surface area contributed by atoms with Crippen molar-refractivity contribution in [2.24, 2.45) is 0 Å². The molecule has 4 heteroatoms. The van der Waals surface area contributed by atoms with Gasteiger partial charge in [-0.15, -0.1) is 0 Å². The van der Waals surface area contributed by atoms with Crippen LogP contribution in [0.5, 0.6) is 0 Å². The summed E-state index contributed by atoms with van der Waals surface area (Å²) in [7, 11) is 0. The molecule has 76 valence electrons. The molecule has 0 bridgehead atoms. The van der Waals surface area contributed by atoms with Crippen LogP contribution in [0.2, 0.25) is 0 Å². The fourth-order valence-electron chi connectivity index (χ4n) is 1.02. The predicted molar refractivity (Wildman–Crippen MR) is 50.5 cm³/mol. The molecular formula is C9H17NO3. The van der Waals surface area contributed by atoms with Gasteiger partial charge < -0.3 is 15.5 Å². The van der Waals surface area contributed by atoms with E-state index in [0.717, 1.165) is 6.08 Å². The third-order valence-electron chi connectivity index (χ3n) is 1.54. The molecular weight excluding hydrogens is 170 g/mol. The summed E-state index contributed by atoms with van der Waals surface area (Å²) >= 11 is 0. The molecule has 0 saturated heterocycles. The molecule has 0 aromatic heterocycles. The summed E-state index contributed by atoms with van der Waals surface area (Å²) in [5, 5.41) is 20.3. The van der Waals surface area contributed by atoms with Crippen LogP contribution in [-0.2, 0) is 4.79 Å². The monoisotopic (exact) mass is 187 g/mol. The van der Waals surface area contributed by atoms with Crippen LogP contribution in [0.25, 0.3) is 0 Å². The maximum absolute atomic E-state index is 10.1. The molecule has 0 aliphatic carbocycles. The van der Waals surface area contributed by atoms with E-state index in [1.54, 1.807) is 13.0 Å². The molecule has 0 aliphatic rings. The van der Waals surface area contributed by atoms with Gasteiger partial charge in [0.2, 0.25) is 0 Å². The van der Waals surface area contributed by atoms with Crippen LogP contribution < -0.4 is 5.32 Å². The number of aliphatic hydroxyl groups excluding tert-OH is 1. The number of hydrogen-bond acceptors (Lipinski definition) is 3. The van der Waals surface area contributed by atoms with Crippen molar-refractivity contribution >= 4 is 5.97 Å². The van der Waals surface area contributed by atoms with E-state index in [-0.39, 0.29) is 12.1 Å². The topological polar surface area (TPSA) is 69.6 Å². The zero-order chi connectivity index (χ0) is 10.3. The molecule has 0 amide bonds. The van der Waals surface area contributed by atoms with Crippen LogP contribution in [0.15, 0.2) is 12.2 Å². The number of aliphatic hydroxyl groups is 1. The standard InChI is InChI=1S/C9H17NO3/c1-7(6-8(2)11)10-5-3-4-9(12)13/h3-4,7-8,10-11H,5-6H2,1-2H3,(H,12,13)/b4-3+. The number of carboxylic acids is 1. The molecule has 0 spiro atoms. The number of nitrogens with one attached hydrogen (secondary N) is 1. The summed E-state index contributed by atoms with van der Waals surface area (Å²) in [5.74, 6) is -0.940. The molecule has 13 heavy (non-hydrogen) atoms. The second-order valence-electron chi connectivity index (χ2n) is 3.13. The summed E-state index contributed by atoms with van der Waals surface area (Å²) in [6.07, 6.45) is 2.98. The summed E-state index contributed by atoms with van der Waals surface area (Å²) < 4.78 is 0. The Hall–Kier alpha value is -0.870. The first kappa shape index (κ1) is 12.1. The fraction of sp³-hybridized carbons (Fsp3) is 0.667. The van der Waals surface area contributed by atoms with E-state index in [9.17, 15) is 4.79 Å². The normalized spacial score (nSPS) is 15.9. The lowest BCUT2D eigenvalue weighted by atomic mass is 10.1. The average Bonchev–Trinajstić information content (AvgIpc) is 1.96. The van der Waals surface area contributed by atoms with Gasteiger partial charge in [-0.25, -0.2) is 4.79 Å². The van der Waals surface area contributed by atoms with E-state index < -0.39 is 5.97 Å². The Kier molecular flexibility index (Phi) is 6.18. The Bertz CT molecular complexity index is 178. The third-order valence-corrected chi connectivity index (χ3v) is 1.54. The van der Waals surface area contributed by atoms with Gasteiger partial charge in [-0.1, -0.05) is 6.08 Å². The smallest absolute Gasteiger partial charge is 0.328 e. The molecule has 2 unspecified atom stereocenters. The highest BCUT2D eigenvalue weighted by Crippen LogP contribution is 1.95. The van der Waals surface area contributed by atoms with Crippen LogP contribution in [-0.4, -0.2) is 34.9 Å². The van der Waals surface area contributed by atoms with E-state index >= 15 is 0 Å². The first-order valence-electron chi connectivity index (χ1n) is 4.33. The molecule has 4 nitrogen and oxygen atoms in total. The van der Waals surface area contributed by atoms with Crippen LogP contribution >= 0.6 is 0 Å². The quantitative estimate of drug-likeness (QED) is 0.526. The first-order valence-corrected chi connectivity index (χ1v) is 4.33. The lowest BCUT2D eigenvalue weighted by molar-refractivity contribution is -0.131. The summed E-state index contributed by atoms with van der Waals surface area (Å²) in [4.78, 5) is 10.1. The molecule has 3 N–H and O–H groups in total. The largest absolute Gasteiger partial charge is 0.478 e. The molecule has 0 aliphatic heterocycles.